The van der Waals surface area contributed by atoms with E-state index in [4.69, 9.17) is 4.74 Å². The highest BCUT2D eigenvalue weighted by Crippen LogP contribution is 2.18. The molecular weight excluding hydrogens is 262 g/mol. The summed E-state index contributed by atoms with van der Waals surface area (Å²) in [5, 5.41) is 10.2. The molecule has 0 saturated heterocycles. The smallest absolute Gasteiger partial charge is 0.122 e. The predicted octanol–water partition coefficient (Wildman–Crippen LogP) is 2.90. The Labute approximate surface area is 126 Å². The highest BCUT2D eigenvalue weighted by molar-refractivity contribution is 5.33. The van der Waals surface area contributed by atoms with Gasteiger partial charge in [-0.25, -0.2) is 0 Å². The summed E-state index contributed by atoms with van der Waals surface area (Å²) in [5.74, 6) is 0.925. The van der Waals surface area contributed by atoms with Gasteiger partial charge in [-0.3, -0.25) is 0 Å². The second-order valence-electron chi connectivity index (χ2n) is 5.25. The van der Waals surface area contributed by atoms with Crippen molar-refractivity contribution in [3.8, 4) is 5.75 Å². The molecule has 0 amide bonds. The minimum absolute atomic E-state index is 0.450. The van der Waals surface area contributed by atoms with Gasteiger partial charge in [-0.2, -0.15) is 0 Å². The molecule has 0 saturated carbocycles. The number of hydrogen-bond acceptors (Lipinski definition) is 3. The van der Waals surface area contributed by atoms with E-state index in [0.29, 0.717) is 6.54 Å². The van der Waals surface area contributed by atoms with E-state index in [2.05, 4.69) is 11.0 Å². The van der Waals surface area contributed by atoms with Gasteiger partial charge in [-0.15, -0.1) is 0 Å². The lowest BCUT2D eigenvalue weighted by Gasteiger charge is -2.21. The number of benzene rings is 2. The van der Waals surface area contributed by atoms with E-state index in [0.717, 1.165) is 24.3 Å². The molecule has 3 nitrogen and oxygen atoms in total. The topological polar surface area (TPSA) is 32.7 Å². The second-order valence-corrected chi connectivity index (χ2v) is 5.25. The normalized spacial score (nSPS) is 12.4. The van der Waals surface area contributed by atoms with Crippen molar-refractivity contribution >= 4 is 0 Å². The Morgan fingerprint density at radius 2 is 1.71 bits per heavy atom. The van der Waals surface area contributed by atoms with Gasteiger partial charge in [0.05, 0.1) is 13.2 Å². The number of aliphatic hydroxyl groups is 1. The van der Waals surface area contributed by atoms with Crippen molar-refractivity contribution in [3.05, 3.63) is 65.7 Å². The number of para-hydroxylation sites is 1. The van der Waals surface area contributed by atoms with Crippen molar-refractivity contribution < 1.29 is 9.84 Å². The molecule has 0 aromatic heterocycles. The maximum Gasteiger partial charge on any atom is 0.122 e. The summed E-state index contributed by atoms with van der Waals surface area (Å²) in [7, 11) is 3.73. The first-order chi connectivity index (χ1) is 10.2. The standard InChI is InChI=1S/C18H23NO2/c1-19(14-17(20)15-8-4-3-5-9-15)13-12-16-10-6-7-11-18(16)21-2/h3-11,17,20H,12-14H2,1-2H3. The Morgan fingerprint density at radius 1 is 1.05 bits per heavy atom. The van der Waals surface area contributed by atoms with Gasteiger partial charge in [0.25, 0.3) is 0 Å². The Morgan fingerprint density at radius 3 is 2.43 bits per heavy atom. The zero-order valence-electron chi connectivity index (χ0n) is 12.7. The molecule has 0 radical (unpaired) electrons. The molecule has 0 spiro atoms. The van der Waals surface area contributed by atoms with Gasteiger partial charge in [-0.1, -0.05) is 48.5 Å². The maximum absolute atomic E-state index is 10.2. The first-order valence-electron chi connectivity index (χ1n) is 7.24. The lowest BCUT2D eigenvalue weighted by molar-refractivity contribution is 0.127. The van der Waals surface area contributed by atoms with Crippen molar-refractivity contribution in [2.75, 3.05) is 27.2 Å². The molecule has 0 fully saturated rings. The van der Waals surface area contributed by atoms with E-state index in [1.165, 1.54) is 5.56 Å². The summed E-state index contributed by atoms with van der Waals surface area (Å²) in [4.78, 5) is 2.14. The SMILES string of the molecule is COc1ccccc1CCN(C)CC(O)c1ccccc1. The molecule has 3 heteroatoms. The summed E-state index contributed by atoms with van der Waals surface area (Å²) in [5.41, 5.74) is 2.16. The maximum atomic E-state index is 10.2. The molecule has 1 atom stereocenters. The quantitative estimate of drug-likeness (QED) is 0.849. The second kappa shape index (κ2) is 7.81. The zero-order valence-corrected chi connectivity index (χ0v) is 12.7. The van der Waals surface area contributed by atoms with Crippen LogP contribution in [0.25, 0.3) is 0 Å². The van der Waals surface area contributed by atoms with Crippen LogP contribution in [0, 0.1) is 0 Å². The van der Waals surface area contributed by atoms with Gasteiger partial charge in [-0.05, 0) is 30.7 Å². The van der Waals surface area contributed by atoms with Crippen LogP contribution in [-0.4, -0.2) is 37.3 Å². The molecule has 1 N–H and O–H groups in total. The van der Waals surface area contributed by atoms with Crippen molar-refractivity contribution in [2.24, 2.45) is 0 Å². The largest absolute Gasteiger partial charge is 0.496 e. The Balaban J connectivity index is 1.86. The zero-order chi connectivity index (χ0) is 15.1. The molecule has 0 aliphatic carbocycles. The number of hydrogen-bond donors (Lipinski definition) is 1. The van der Waals surface area contributed by atoms with Crippen LogP contribution in [0.15, 0.2) is 54.6 Å². The van der Waals surface area contributed by atoms with Gasteiger partial charge in [0.1, 0.15) is 5.75 Å². The van der Waals surface area contributed by atoms with Crippen molar-refractivity contribution in [2.45, 2.75) is 12.5 Å². The van der Waals surface area contributed by atoms with Gasteiger partial charge in [0.2, 0.25) is 0 Å². The van der Waals surface area contributed by atoms with Crippen molar-refractivity contribution in [1.29, 1.82) is 0 Å². The molecule has 2 aromatic rings. The lowest BCUT2D eigenvalue weighted by Crippen LogP contribution is -2.26. The average Bonchev–Trinajstić information content (AvgIpc) is 2.54. The molecule has 1 unspecified atom stereocenters. The highest BCUT2D eigenvalue weighted by Gasteiger charge is 2.11. The molecule has 0 bridgehead atoms. The summed E-state index contributed by atoms with van der Waals surface area (Å²) in [6.07, 6.45) is 0.455. The monoisotopic (exact) mass is 285 g/mol. The van der Waals surface area contributed by atoms with E-state index in [-0.39, 0.29) is 0 Å². The Kier molecular flexibility index (Phi) is 5.78. The van der Waals surface area contributed by atoms with E-state index in [1.807, 2.05) is 55.6 Å². The number of methoxy groups -OCH3 is 1. The fourth-order valence-electron chi connectivity index (χ4n) is 2.39. The third kappa shape index (κ3) is 4.59. The molecule has 2 rings (SSSR count). The van der Waals surface area contributed by atoms with Crippen LogP contribution in [0.2, 0.25) is 0 Å². The van der Waals surface area contributed by atoms with Crippen LogP contribution in [0.3, 0.4) is 0 Å². The molecule has 2 aromatic carbocycles. The van der Waals surface area contributed by atoms with Crippen molar-refractivity contribution in [1.82, 2.24) is 4.90 Å². The summed E-state index contributed by atoms with van der Waals surface area (Å²) in [6, 6.07) is 17.8. The first kappa shape index (κ1) is 15.5. The van der Waals surface area contributed by atoms with Gasteiger partial charge in [0.15, 0.2) is 0 Å². The first-order valence-corrected chi connectivity index (χ1v) is 7.24. The van der Waals surface area contributed by atoms with E-state index >= 15 is 0 Å². The van der Waals surface area contributed by atoms with Crippen LogP contribution in [0.1, 0.15) is 17.2 Å². The third-order valence-electron chi connectivity index (χ3n) is 3.62. The predicted molar refractivity (Wildman–Crippen MR) is 85.6 cm³/mol. The summed E-state index contributed by atoms with van der Waals surface area (Å²) in [6.45, 7) is 1.50. The fourth-order valence-corrected chi connectivity index (χ4v) is 2.39. The number of ether oxygens (including phenoxy) is 1. The molecule has 0 aliphatic rings. The molecule has 0 heterocycles. The van der Waals surface area contributed by atoms with E-state index in [9.17, 15) is 5.11 Å². The number of rotatable bonds is 7. The van der Waals surface area contributed by atoms with Gasteiger partial charge >= 0.3 is 0 Å². The van der Waals surface area contributed by atoms with Gasteiger partial charge < -0.3 is 14.7 Å². The van der Waals surface area contributed by atoms with Crippen LogP contribution in [-0.2, 0) is 6.42 Å². The Bertz CT molecular complexity index is 542. The van der Waals surface area contributed by atoms with Gasteiger partial charge in [0, 0.05) is 13.1 Å². The molecule has 0 aliphatic heterocycles. The van der Waals surface area contributed by atoms with Crippen LogP contribution in [0.5, 0.6) is 5.75 Å². The molecular formula is C18H23NO2. The lowest BCUT2D eigenvalue weighted by atomic mass is 10.1. The number of likely N-dealkylation sites (N-methyl/N-ethyl adjacent to an activating group) is 1. The number of nitrogens with zero attached hydrogens (tertiary/aromatic N) is 1. The third-order valence-corrected chi connectivity index (χ3v) is 3.62. The molecule has 112 valence electrons. The Hall–Kier alpha value is -1.84. The summed E-state index contributed by atoms with van der Waals surface area (Å²) >= 11 is 0. The van der Waals surface area contributed by atoms with Crippen LogP contribution in [0.4, 0.5) is 0 Å². The number of aliphatic hydroxyl groups excluding tert-OH is 1. The fraction of sp³-hybridized carbons (Fsp3) is 0.333. The van der Waals surface area contributed by atoms with Crippen LogP contribution >= 0.6 is 0 Å². The highest BCUT2D eigenvalue weighted by atomic mass is 16.5. The minimum atomic E-state index is -0.450. The summed E-state index contributed by atoms with van der Waals surface area (Å²) < 4.78 is 5.36. The van der Waals surface area contributed by atoms with Crippen molar-refractivity contribution in [3.63, 3.8) is 0 Å². The minimum Gasteiger partial charge on any atom is -0.496 e. The molecule has 21 heavy (non-hydrogen) atoms. The van der Waals surface area contributed by atoms with Crippen LogP contribution < -0.4 is 4.74 Å². The van der Waals surface area contributed by atoms with E-state index < -0.39 is 6.10 Å². The van der Waals surface area contributed by atoms with E-state index in [1.54, 1.807) is 7.11 Å². The average molecular weight is 285 g/mol.